The number of nitrogens with zero attached hydrogens (tertiary/aromatic N) is 4. The van der Waals surface area contributed by atoms with Crippen molar-refractivity contribution in [3.63, 3.8) is 0 Å². The topological polar surface area (TPSA) is 121 Å². The van der Waals surface area contributed by atoms with Crippen LogP contribution < -0.4 is 16.0 Å². The van der Waals surface area contributed by atoms with E-state index in [0.717, 1.165) is 0 Å². The van der Waals surface area contributed by atoms with Crippen LogP contribution in [0.2, 0.25) is 0 Å². The molecule has 0 saturated heterocycles. The third kappa shape index (κ3) is 3.72. The lowest BCUT2D eigenvalue weighted by molar-refractivity contribution is 0.252. The first kappa shape index (κ1) is 17.2. The van der Waals surface area contributed by atoms with Crippen molar-refractivity contribution in [1.82, 2.24) is 20.3 Å². The predicted octanol–water partition coefficient (Wildman–Crippen LogP) is 3.62. The zero-order chi connectivity index (χ0) is 18.5. The quantitative estimate of drug-likeness (QED) is 0.604. The lowest BCUT2D eigenvalue weighted by atomic mass is 10.1. The van der Waals surface area contributed by atoms with E-state index in [9.17, 15) is 9.70 Å². The van der Waals surface area contributed by atoms with Gasteiger partial charge >= 0.3 is 6.03 Å². The Morgan fingerprint density at radius 1 is 1.15 bits per heavy atom. The number of nitrogens with one attached hydrogen (secondary N) is 3. The Bertz CT molecular complexity index is 974. The zero-order valence-corrected chi connectivity index (χ0v) is 14.3. The molecule has 3 N–H and O–H groups in total. The molecule has 0 aliphatic heterocycles. The molecule has 0 bridgehead atoms. The van der Waals surface area contributed by atoms with E-state index in [4.69, 9.17) is 0 Å². The van der Waals surface area contributed by atoms with Crippen molar-refractivity contribution in [2.75, 3.05) is 17.2 Å². The summed E-state index contributed by atoms with van der Waals surface area (Å²) in [4.78, 5) is 35.5. The summed E-state index contributed by atoms with van der Waals surface area (Å²) in [5.41, 5.74) is 2.75. The SMILES string of the molecule is CCNC(=O)Nc1ccc2ncc(Nc3cccc(N=O)c3C)nc2n1. The number of nitroso groups, excluding NO2 is 1. The smallest absolute Gasteiger partial charge is 0.320 e. The summed E-state index contributed by atoms with van der Waals surface area (Å²) in [7, 11) is 0. The second-order valence-corrected chi connectivity index (χ2v) is 5.44. The van der Waals surface area contributed by atoms with Gasteiger partial charge in [-0.15, -0.1) is 4.91 Å². The molecule has 0 unspecified atom stereocenters. The minimum atomic E-state index is -0.338. The first-order valence-electron chi connectivity index (χ1n) is 7.99. The third-order valence-electron chi connectivity index (χ3n) is 3.65. The molecule has 0 radical (unpaired) electrons. The molecule has 2 heterocycles. The number of fused-ring (bicyclic) bond motifs is 1. The summed E-state index contributed by atoms with van der Waals surface area (Å²) in [6, 6.07) is 8.23. The zero-order valence-electron chi connectivity index (χ0n) is 14.3. The van der Waals surface area contributed by atoms with Crippen molar-refractivity contribution in [1.29, 1.82) is 0 Å². The molecule has 132 valence electrons. The number of hydrogen-bond donors (Lipinski definition) is 3. The van der Waals surface area contributed by atoms with Gasteiger partial charge in [0, 0.05) is 17.8 Å². The molecule has 0 aliphatic carbocycles. The highest BCUT2D eigenvalue weighted by molar-refractivity contribution is 5.89. The number of amides is 2. The molecule has 2 aromatic heterocycles. The van der Waals surface area contributed by atoms with Crippen molar-refractivity contribution in [2.24, 2.45) is 5.18 Å². The molecule has 0 atom stereocenters. The van der Waals surface area contributed by atoms with Gasteiger partial charge in [-0.1, -0.05) is 6.07 Å². The Hall–Kier alpha value is -3.62. The molecular weight excluding hydrogens is 334 g/mol. The van der Waals surface area contributed by atoms with E-state index >= 15 is 0 Å². The summed E-state index contributed by atoms with van der Waals surface area (Å²) in [6.07, 6.45) is 1.57. The Morgan fingerprint density at radius 2 is 1.96 bits per heavy atom. The normalized spacial score (nSPS) is 10.4. The Balaban J connectivity index is 1.88. The van der Waals surface area contributed by atoms with Gasteiger partial charge in [0.2, 0.25) is 0 Å². The molecule has 26 heavy (non-hydrogen) atoms. The fraction of sp³-hybridized carbons (Fsp3) is 0.176. The lowest BCUT2D eigenvalue weighted by Gasteiger charge is -2.10. The summed E-state index contributed by atoms with van der Waals surface area (Å²) < 4.78 is 0. The predicted molar refractivity (Wildman–Crippen MR) is 99.9 cm³/mol. The van der Waals surface area contributed by atoms with E-state index in [1.165, 1.54) is 0 Å². The second kappa shape index (κ2) is 7.51. The maximum absolute atomic E-state index is 11.6. The molecule has 2 amide bonds. The molecule has 3 aromatic rings. The van der Waals surface area contributed by atoms with Crippen molar-refractivity contribution in [3.8, 4) is 0 Å². The molecule has 1 aromatic carbocycles. The van der Waals surface area contributed by atoms with E-state index in [0.29, 0.717) is 46.3 Å². The van der Waals surface area contributed by atoms with Gasteiger partial charge in [0.05, 0.1) is 6.20 Å². The molecule has 9 nitrogen and oxygen atoms in total. The van der Waals surface area contributed by atoms with Crippen LogP contribution in [0, 0.1) is 11.8 Å². The Kier molecular flexibility index (Phi) is 4.97. The van der Waals surface area contributed by atoms with E-state index < -0.39 is 0 Å². The minimum absolute atomic E-state index is 0.338. The number of carbonyl (C=O) groups excluding carboxylic acids is 1. The first-order chi connectivity index (χ1) is 12.6. The molecule has 0 saturated carbocycles. The fourth-order valence-electron chi connectivity index (χ4n) is 2.34. The summed E-state index contributed by atoms with van der Waals surface area (Å²) in [5, 5.41) is 11.4. The van der Waals surface area contributed by atoms with Crippen molar-refractivity contribution in [3.05, 3.63) is 47.0 Å². The molecule has 0 spiro atoms. The number of carbonyl (C=O) groups is 1. The van der Waals surface area contributed by atoms with Gasteiger partial charge in [-0.05, 0) is 43.3 Å². The summed E-state index contributed by atoms with van der Waals surface area (Å²) in [6.45, 7) is 4.13. The summed E-state index contributed by atoms with van der Waals surface area (Å²) in [5.74, 6) is 0.838. The maximum Gasteiger partial charge on any atom is 0.320 e. The second-order valence-electron chi connectivity index (χ2n) is 5.44. The van der Waals surface area contributed by atoms with Crippen molar-refractivity contribution in [2.45, 2.75) is 13.8 Å². The van der Waals surface area contributed by atoms with Crippen LogP contribution in [0.3, 0.4) is 0 Å². The van der Waals surface area contributed by atoms with Gasteiger partial charge in [-0.2, -0.15) is 0 Å². The van der Waals surface area contributed by atoms with Crippen LogP contribution in [0.1, 0.15) is 12.5 Å². The van der Waals surface area contributed by atoms with Crippen LogP contribution in [0.25, 0.3) is 11.2 Å². The maximum atomic E-state index is 11.6. The van der Waals surface area contributed by atoms with Gasteiger partial charge in [0.25, 0.3) is 0 Å². The monoisotopic (exact) mass is 351 g/mol. The molecule has 9 heteroatoms. The third-order valence-corrected chi connectivity index (χ3v) is 3.65. The lowest BCUT2D eigenvalue weighted by Crippen LogP contribution is -2.28. The van der Waals surface area contributed by atoms with E-state index in [2.05, 4.69) is 36.1 Å². The molecule has 0 aliphatic rings. The van der Waals surface area contributed by atoms with Crippen LogP contribution in [0.4, 0.5) is 27.8 Å². The number of urea groups is 1. The highest BCUT2D eigenvalue weighted by atomic mass is 16.3. The fourth-order valence-corrected chi connectivity index (χ4v) is 2.34. The largest absolute Gasteiger partial charge is 0.339 e. The van der Waals surface area contributed by atoms with Crippen LogP contribution in [0.15, 0.2) is 41.7 Å². The number of aromatic nitrogens is 3. The molecular formula is C17H17N7O2. The van der Waals surface area contributed by atoms with Crippen LogP contribution >= 0.6 is 0 Å². The molecule has 3 rings (SSSR count). The minimum Gasteiger partial charge on any atom is -0.339 e. The number of rotatable bonds is 5. The number of benzene rings is 1. The first-order valence-corrected chi connectivity index (χ1v) is 7.99. The van der Waals surface area contributed by atoms with Crippen LogP contribution in [-0.4, -0.2) is 27.5 Å². The molecule has 0 fully saturated rings. The van der Waals surface area contributed by atoms with Crippen molar-refractivity contribution < 1.29 is 4.79 Å². The van der Waals surface area contributed by atoms with E-state index in [1.807, 2.05) is 13.0 Å². The van der Waals surface area contributed by atoms with Crippen LogP contribution in [-0.2, 0) is 0 Å². The average Bonchev–Trinajstić information content (AvgIpc) is 2.63. The van der Waals surface area contributed by atoms with Gasteiger partial charge in [-0.25, -0.2) is 19.7 Å². The number of anilines is 3. The highest BCUT2D eigenvalue weighted by Gasteiger charge is 2.08. The van der Waals surface area contributed by atoms with Crippen LogP contribution in [0.5, 0.6) is 0 Å². The van der Waals surface area contributed by atoms with Gasteiger partial charge in [0.15, 0.2) is 11.5 Å². The summed E-state index contributed by atoms with van der Waals surface area (Å²) >= 11 is 0. The van der Waals surface area contributed by atoms with Crippen molar-refractivity contribution >= 4 is 40.2 Å². The standard InChI is InChI=1S/C17H17N7O2/c1-3-18-17(25)23-14-8-7-13-16(21-14)22-15(9-19-13)20-11-5-4-6-12(24-26)10(11)2/h4-9H,3H2,1-2H3,(H3,18,20,21,22,23,25). The van der Waals surface area contributed by atoms with E-state index in [-0.39, 0.29) is 6.03 Å². The van der Waals surface area contributed by atoms with Gasteiger partial charge in [0.1, 0.15) is 17.0 Å². The average molecular weight is 351 g/mol. The number of pyridine rings is 1. The van der Waals surface area contributed by atoms with E-state index in [1.54, 1.807) is 37.4 Å². The van der Waals surface area contributed by atoms with Gasteiger partial charge in [-0.3, -0.25) is 5.32 Å². The number of hydrogen-bond acceptors (Lipinski definition) is 7. The Morgan fingerprint density at radius 3 is 2.73 bits per heavy atom. The Labute approximate surface area is 149 Å². The highest BCUT2D eigenvalue weighted by Crippen LogP contribution is 2.27. The van der Waals surface area contributed by atoms with Gasteiger partial charge < -0.3 is 10.6 Å².